The van der Waals surface area contributed by atoms with Crippen LogP contribution in [0, 0.1) is 0 Å². The molecule has 0 radical (unpaired) electrons. The van der Waals surface area contributed by atoms with Crippen LogP contribution in [0.1, 0.15) is 88.2 Å². The SMILES string of the molecule is CCCCCCCCOC(=O)[C@H](CCC(=O)C=[N+]=[N-])NC(=O)[C@H](CCC(=O)C=[N+]=[N-])NC(=O)OCC1c2ccccc2-c2ccccc21. The van der Waals surface area contributed by atoms with E-state index in [0.717, 1.165) is 54.4 Å². The van der Waals surface area contributed by atoms with Gasteiger partial charge in [0.2, 0.25) is 17.5 Å². The van der Waals surface area contributed by atoms with Crippen LogP contribution in [0.2, 0.25) is 0 Å². The minimum Gasteiger partial charge on any atom is -0.464 e. The van der Waals surface area contributed by atoms with E-state index >= 15 is 0 Å². The highest BCUT2D eigenvalue weighted by atomic mass is 16.5. The molecule has 2 N–H and O–H groups in total. The molecule has 0 unspecified atom stereocenters. The van der Waals surface area contributed by atoms with E-state index in [0.29, 0.717) is 18.9 Å². The third-order valence-electron chi connectivity index (χ3n) is 8.06. The number of rotatable bonds is 21. The van der Waals surface area contributed by atoms with Gasteiger partial charge in [-0.15, -0.1) is 0 Å². The van der Waals surface area contributed by atoms with Gasteiger partial charge in [0.15, 0.2) is 0 Å². The van der Waals surface area contributed by atoms with Crippen molar-refractivity contribution >= 4 is 42.0 Å². The van der Waals surface area contributed by atoms with Gasteiger partial charge in [-0.1, -0.05) is 87.6 Å². The molecule has 0 saturated carbocycles. The average molecular weight is 659 g/mol. The summed E-state index contributed by atoms with van der Waals surface area (Å²) in [6, 6.07) is 13.0. The van der Waals surface area contributed by atoms with Gasteiger partial charge in [0.25, 0.3) is 0 Å². The largest absolute Gasteiger partial charge is 0.464 e. The molecule has 2 amide bonds. The Hall–Kier alpha value is -5.25. The first kappa shape index (κ1) is 37.2. The summed E-state index contributed by atoms with van der Waals surface area (Å²) in [4.78, 5) is 68.9. The Balaban J connectivity index is 1.68. The van der Waals surface area contributed by atoms with Crippen LogP contribution >= 0.6 is 0 Å². The van der Waals surface area contributed by atoms with Crippen molar-refractivity contribution in [3.63, 3.8) is 0 Å². The first-order chi connectivity index (χ1) is 23.3. The fourth-order valence-corrected chi connectivity index (χ4v) is 5.56. The second kappa shape index (κ2) is 20.1. The van der Waals surface area contributed by atoms with E-state index in [1.165, 1.54) is 0 Å². The second-order valence-electron chi connectivity index (χ2n) is 11.5. The number of hydrogen-bond donors (Lipinski definition) is 2. The summed E-state index contributed by atoms with van der Waals surface area (Å²) < 4.78 is 11.0. The highest BCUT2D eigenvalue weighted by Crippen LogP contribution is 2.44. The van der Waals surface area contributed by atoms with Crippen molar-refractivity contribution in [2.75, 3.05) is 13.2 Å². The topological polar surface area (TPSA) is 201 Å². The number of Topliss-reactive ketones (excluding diaryl/α,β-unsaturated/α-hetero) is 2. The van der Waals surface area contributed by atoms with Gasteiger partial charge in [0, 0.05) is 18.8 Å². The number of hydrogen-bond acceptors (Lipinski definition) is 7. The number of ether oxygens (including phenoxy) is 2. The standard InChI is InChI=1S/C35H42N6O7/c1-2-3-4-5-6-11-20-47-34(45)32(19-17-25(43)22-39-37)40-33(44)31(18-16-24(42)21-38-36)41-35(46)48-23-30-28-14-9-7-12-26(28)27-13-8-10-15-29(27)30/h7-10,12-15,21-22,30-32H,2-6,11,16-20,23H2,1H3,(H,40,44)(H,41,46)/t31-,32-/m0/s1. The van der Waals surface area contributed by atoms with Gasteiger partial charge in [-0.2, -0.15) is 9.58 Å². The zero-order valence-electron chi connectivity index (χ0n) is 27.1. The molecule has 0 saturated heterocycles. The minimum absolute atomic E-state index is 0.0216. The molecule has 48 heavy (non-hydrogen) atoms. The van der Waals surface area contributed by atoms with E-state index in [1.807, 2.05) is 48.5 Å². The van der Waals surface area contributed by atoms with Gasteiger partial charge in [0.05, 0.1) is 6.61 Å². The van der Waals surface area contributed by atoms with E-state index in [4.69, 9.17) is 20.5 Å². The Bertz CT molecular complexity index is 1500. The quantitative estimate of drug-likeness (QED) is 0.0642. The van der Waals surface area contributed by atoms with E-state index in [-0.39, 0.29) is 44.8 Å². The summed E-state index contributed by atoms with van der Waals surface area (Å²) in [6.07, 6.45) is 5.38. The molecule has 13 nitrogen and oxygen atoms in total. The molecule has 2 aromatic carbocycles. The Kier molecular flexibility index (Phi) is 15.6. The lowest BCUT2D eigenvalue weighted by Crippen LogP contribution is -2.52. The van der Waals surface area contributed by atoms with E-state index in [1.54, 1.807) is 0 Å². The summed E-state index contributed by atoms with van der Waals surface area (Å²) >= 11 is 0. The lowest BCUT2D eigenvalue weighted by molar-refractivity contribution is -0.148. The maximum atomic E-state index is 13.5. The number of carbonyl (C=O) groups excluding carboxylic acids is 5. The molecule has 13 heteroatoms. The zero-order chi connectivity index (χ0) is 34.7. The van der Waals surface area contributed by atoms with E-state index in [9.17, 15) is 24.0 Å². The molecular formula is C35H42N6O7. The molecule has 1 aliphatic carbocycles. The molecule has 254 valence electrons. The molecule has 2 aromatic rings. The van der Waals surface area contributed by atoms with Gasteiger partial charge >= 0.3 is 24.5 Å². The number of fused-ring (bicyclic) bond motifs is 3. The molecule has 0 heterocycles. The molecule has 0 spiro atoms. The zero-order valence-corrected chi connectivity index (χ0v) is 27.1. The lowest BCUT2D eigenvalue weighted by atomic mass is 9.98. The van der Waals surface area contributed by atoms with Crippen molar-refractivity contribution in [1.29, 1.82) is 0 Å². The average Bonchev–Trinajstić information content (AvgIpc) is 3.40. The van der Waals surface area contributed by atoms with Gasteiger partial charge in [-0.3, -0.25) is 14.4 Å². The number of amides is 2. The Morgan fingerprint density at radius 2 is 1.29 bits per heavy atom. The molecule has 0 aliphatic heterocycles. The Morgan fingerprint density at radius 1 is 0.750 bits per heavy atom. The van der Waals surface area contributed by atoms with Crippen LogP contribution in [0.5, 0.6) is 0 Å². The van der Waals surface area contributed by atoms with Crippen molar-refractivity contribution in [2.45, 2.75) is 89.1 Å². The first-order valence-corrected chi connectivity index (χ1v) is 16.3. The number of alkyl carbamates (subject to hydrolysis) is 1. The lowest BCUT2D eigenvalue weighted by Gasteiger charge is -2.22. The number of benzene rings is 2. The molecule has 0 aromatic heterocycles. The molecule has 3 rings (SSSR count). The summed E-state index contributed by atoms with van der Waals surface area (Å²) in [5.41, 5.74) is 21.5. The Labute approximate surface area is 279 Å². The van der Waals surface area contributed by atoms with Crippen molar-refractivity contribution in [2.24, 2.45) is 0 Å². The second-order valence-corrected chi connectivity index (χ2v) is 11.5. The predicted molar refractivity (Wildman–Crippen MR) is 176 cm³/mol. The maximum Gasteiger partial charge on any atom is 0.407 e. The minimum atomic E-state index is -1.33. The highest BCUT2D eigenvalue weighted by Gasteiger charge is 2.31. The van der Waals surface area contributed by atoms with Crippen LogP contribution in [0.15, 0.2) is 48.5 Å². The number of nitrogens with zero attached hydrogens (tertiary/aromatic N) is 4. The van der Waals surface area contributed by atoms with Crippen LogP contribution in [0.25, 0.3) is 22.2 Å². The monoisotopic (exact) mass is 658 g/mol. The highest BCUT2D eigenvalue weighted by molar-refractivity contribution is 6.25. The van der Waals surface area contributed by atoms with Gasteiger partial charge in [-0.05, 0) is 41.5 Å². The van der Waals surface area contributed by atoms with Crippen LogP contribution < -0.4 is 10.6 Å². The smallest absolute Gasteiger partial charge is 0.407 e. The van der Waals surface area contributed by atoms with Crippen molar-refractivity contribution in [1.82, 2.24) is 10.6 Å². The van der Waals surface area contributed by atoms with Crippen molar-refractivity contribution in [3.05, 3.63) is 70.7 Å². The number of unbranched alkanes of at least 4 members (excludes halogenated alkanes) is 5. The fraction of sp³-hybridized carbons (Fsp3) is 0.457. The van der Waals surface area contributed by atoms with Gasteiger partial charge in [0.1, 0.15) is 18.7 Å². The van der Waals surface area contributed by atoms with Crippen molar-refractivity contribution < 1.29 is 43.0 Å². The summed E-state index contributed by atoms with van der Waals surface area (Å²) in [5, 5.41) is 5.02. The molecular weight excluding hydrogens is 616 g/mol. The number of esters is 1. The molecule has 2 atom stereocenters. The van der Waals surface area contributed by atoms with Crippen LogP contribution in [0.4, 0.5) is 4.79 Å². The number of nitrogens with one attached hydrogen (secondary N) is 2. The summed E-state index contributed by atoms with van der Waals surface area (Å²) in [6.45, 7) is 2.22. The predicted octanol–water partition coefficient (Wildman–Crippen LogP) is 4.58. The normalized spacial score (nSPS) is 12.6. The maximum absolute atomic E-state index is 13.5. The van der Waals surface area contributed by atoms with Crippen LogP contribution in [-0.2, 0) is 28.7 Å². The van der Waals surface area contributed by atoms with Crippen LogP contribution in [0.3, 0.4) is 0 Å². The molecule has 1 aliphatic rings. The summed E-state index contributed by atoms with van der Waals surface area (Å²) in [7, 11) is 0. The first-order valence-electron chi connectivity index (χ1n) is 16.3. The summed E-state index contributed by atoms with van der Waals surface area (Å²) in [5.74, 6) is -3.00. The fourth-order valence-electron chi connectivity index (χ4n) is 5.56. The van der Waals surface area contributed by atoms with E-state index < -0.39 is 41.6 Å². The van der Waals surface area contributed by atoms with E-state index in [2.05, 4.69) is 27.1 Å². The van der Waals surface area contributed by atoms with Crippen LogP contribution in [-0.4, -0.2) is 76.8 Å². The Morgan fingerprint density at radius 3 is 1.88 bits per heavy atom. The van der Waals surface area contributed by atoms with Gasteiger partial charge < -0.3 is 31.2 Å². The third-order valence-corrected chi connectivity index (χ3v) is 8.06. The molecule has 0 fully saturated rings. The molecule has 0 bridgehead atoms. The van der Waals surface area contributed by atoms with Gasteiger partial charge in [-0.25, -0.2) is 9.59 Å². The number of ketones is 2. The number of carbonyl (C=O) groups is 5. The van der Waals surface area contributed by atoms with Crippen molar-refractivity contribution in [3.8, 4) is 11.1 Å². The third kappa shape index (κ3) is 11.5.